The fourth-order valence-electron chi connectivity index (χ4n) is 8.14. The molecule has 8 aromatic carbocycles. The highest BCUT2D eigenvalue weighted by Gasteiger charge is 2.19. The number of benzene rings is 8. The van der Waals surface area contributed by atoms with Crippen LogP contribution in [0.3, 0.4) is 0 Å². The van der Waals surface area contributed by atoms with Crippen molar-refractivity contribution in [3.63, 3.8) is 0 Å². The van der Waals surface area contributed by atoms with Crippen LogP contribution in [0.25, 0.3) is 106 Å². The molecule has 4 nitrogen and oxygen atoms in total. The number of hydrogen-bond acceptors (Lipinski definition) is 3. The van der Waals surface area contributed by atoms with Crippen molar-refractivity contribution in [3.05, 3.63) is 200 Å². The SMILES string of the molecule is c1ccc(-c2ccc(-c3cc(-n4c5ccccc5c5ccc(-c6cccc7oc8ccc(-c9ccccc9)cc8c67)cc54)nc(-c4ccccc4)n3)cc2)cc1. The number of rotatable bonds is 6. The summed E-state index contributed by atoms with van der Waals surface area (Å²) in [6.45, 7) is 0. The third-order valence-electron chi connectivity index (χ3n) is 10.8. The summed E-state index contributed by atoms with van der Waals surface area (Å²) in [5.41, 5.74) is 13.7. The molecule has 0 fully saturated rings. The van der Waals surface area contributed by atoms with Crippen molar-refractivity contribution < 1.29 is 4.42 Å². The van der Waals surface area contributed by atoms with Crippen LogP contribution < -0.4 is 0 Å². The highest BCUT2D eigenvalue weighted by molar-refractivity contribution is 6.15. The summed E-state index contributed by atoms with van der Waals surface area (Å²) in [7, 11) is 0. The van der Waals surface area contributed by atoms with Crippen LogP contribution in [-0.4, -0.2) is 14.5 Å². The Kier molecular flexibility index (Phi) is 7.46. The molecule has 11 aromatic rings. The molecule has 0 atom stereocenters. The molecule has 0 N–H and O–H groups in total. The molecule has 0 unspecified atom stereocenters. The van der Waals surface area contributed by atoms with Crippen LogP contribution >= 0.6 is 0 Å². The number of nitrogens with zero attached hydrogens (tertiary/aromatic N) is 3. The predicted molar refractivity (Wildman–Crippen MR) is 231 cm³/mol. The monoisotopic (exact) mass is 715 g/mol. The van der Waals surface area contributed by atoms with Gasteiger partial charge in [0.05, 0.1) is 16.7 Å². The van der Waals surface area contributed by atoms with Gasteiger partial charge in [0.1, 0.15) is 17.0 Å². The third-order valence-corrected chi connectivity index (χ3v) is 10.8. The van der Waals surface area contributed by atoms with Crippen LogP contribution in [0.2, 0.25) is 0 Å². The predicted octanol–water partition coefficient (Wildman–Crippen LogP) is 13.8. The number of hydrogen-bond donors (Lipinski definition) is 0. The second-order valence-corrected chi connectivity index (χ2v) is 14.2. The van der Waals surface area contributed by atoms with Crippen molar-refractivity contribution in [2.45, 2.75) is 0 Å². The first kappa shape index (κ1) is 31.9. The molecule has 0 aliphatic heterocycles. The van der Waals surface area contributed by atoms with E-state index in [4.69, 9.17) is 14.4 Å². The van der Waals surface area contributed by atoms with E-state index >= 15 is 0 Å². The second-order valence-electron chi connectivity index (χ2n) is 14.2. The smallest absolute Gasteiger partial charge is 0.162 e. The first-order valence-electron chi connectivity index (χ1n) is 18.9. The Balaban J connectivity index is 1.12. The Morgan fingerprint density at radius 2 is 0.964 bits per heavy atom. The van der Waals surface area contributed by atoms with Gasteiger partial charge in [-0.3, -0.25) is 4.57 Å². The van der Waals surface area contributed by atoms with Crippen molar-refractivity contribution in [2.24, 2.45) is 0 Å². The number of fused-ring (bicyclic) bond motifs is 6. The van der Waals surface area contributed by atoms with Gasteiger partial charge in [-0.1, -0.05) is 164 Å². The van der Waals surface area contributed by atoms with Crippen LogP contribution in [0.5, 0.6) is 0 Å². The van der Waals surface area contributed by atoms with Crippen LogP contribution in [0.4, 0.5) is 0 Å². The molecule has 3 heterocycles. The molecule has 0 aliphatic rings. The molecule has 56 heavy (non-hydrogen) atoms. The lowest BCUT2D eigenvalue weighted by Gasteiger charge is -2.13. The zero-order valence-corrected chi connectivity index (χ0v) is 30.3. The van der Waals surface area contributed by atoms with E-state index in [1.165, 1.54) is 22.1 Å². The second kappa shape index (κ2) is 13.1. The standard InChI is InChI=1S/C52H33N3O/c1-4-13-34(14-5-1)36-23-25-37(26-24-36)45-33-50(54-52(53-45)38-17-8-3-9-18-38)55-46-21-11-10-19-42(46)43-29-27-40(32-47(43)55)41-20-12-22-49-51(41)44-31-39(28-30-48(44)56-49)35-15-6-2-7-16-35/h1-33H. The third kappa shape index (κ3) is 5.39. The lowest BCUT2D eigenvalue weighted by molar-refractivity contribution is 0.669. The number of para-hydroxylation sites is 1. The van der Waals surface area contributed by atoms with E-state index < -0.39 is 0 Å². The summed E-state index contributed by atoms with van der Waals surface area (Å²) in [5, 5.41) is 4.54. The maximum Gasteiger partial charge on any atom is 0.162 e. The van der Waals surface area contributed by atoms with Gasteiger partial charge in [-0.2, -0.15) is 0 Å². The summed E-state index contributed by atoms with van der Waals surface area (Å²) >= 11 is 0. The zero-order chi connectivity index (χ0) is 37.0. The lowest BCUT2D eigenvalue weighted by Crippen LogP contribution is -2.02. The summed E-state index contributed by atoms with van der Waals surface area (Å²) in [5.74, 6) is 1.49. The van der Waals surface area contributed by atoms with Gasteiger partial charge in [0, 0.05) is 38.7 Å². The molecule has 11 rings (SSSR count). The van der Waals surface area contributed by atoms with Gasteiger partial charge in [0.25, 0.3) is 0 Å². The van der Waals surface area contributed by atoms with Gasteiger partial charge in [0.2, 0.25) is 0 Å². The molecule has 0 aliphatic carbocycles. The summed E-state index contributed by atoms with van der Waals surface area (Å²) < 4.78 is 8.75. The Labute approximate surface area is 323 Å². The highest BCUT2D eigenvalue weighted by Crippen LogP contribution is 2.41. The summed E-state index contributed by atoms with van der Waals surface area (Å²) in [6, 6.07) is 70.3. The fourth-order valence-corrected chi connectivity index (χ4v) is 8.14. The molecule has 0 radical (unpaired) electrons. The summed E-state index contributed by atoms with van der Waals surface area (Å²) in [6.07, 6.45) is 0. The molecule has 0 saturated carbocycles. The van der Waals surface area contributed by atoms with Crippen molar-refractivity contribution in [2.75, 3.05) is 0 Å². The van der Waals surface area contributed by atoms with Gasteiger partial charge in [-0.05, 0) is 63.7 Å². The van der Waals surface area contributed by atoms with Gasteiger partial charge in [-0.25, -0.2) is 9.97 Å². The van der Waals surface area contributed by atoms with Crippen molar-refractivity contribution >= 4 is 43.7 Å². The molecule has 0 spiro atoms. The summed E-state index contributed by atoms with van der Waals surface area (Å²) in [4.78, 5) is 10.5. The molecule has 0 saturated heterocycles. The first-order chi connectivity index (χ1) is 27.7. The van der Waals surface area contributed by atoms with Gasteiger partial charge in [-0.15, -0.1) is 0 Å². The minimum Gasteiger partial charge on any atom is -0.456 e. The molecule has 262 valence electrons. The minimum absolute atomic E-state index is 0.677. The van der Waals surface area contributed by atoms with Crippen molar-refractivity contribution in [1.82, 2.24) is 14.5 Å². The Morgan fingerprint density at radius 1 is 0.357 bits per heavy atom. The highest BCUT2D eigenvalue weighted by atomic mass is 16.3. The van der Waals surface area contributed by atoms with E-state index in [2.05, 4.69) is 180 Å². The van der Waals surface area contributed by atoms with E-state index in [1.807, 2.05) is 24.3 Å². The quantitative estimate of drug-likeness (QED) is 0.172. The Bertz CT molecular complexity index is 3220. The molecule has 4 heteroatoms. The lowest BCUT2D eigenvalue weighted by atomic mass is 9.96. The van der Waals surface area contributed by atoms with Crippen LogP contribution in [0.15, 0.2) is 205 Å². The van der Waals surface area contributed by atoms with Crippen molar-refractivity contribution in [3.8, 4) is 61.8 Å². The van der Waals surface area contributed by atoms with E-state index in [0.717, 1.165) is 77.7 Å². The molecule has 0 amide bonds. The Morgan fingerprint density at radius 3 is 1.73 bits per heavy atom. The van der Waals surface area contributed by atoms with Crippen LogP contribution in [0, 0.1) is 0 Å². The van der Waals surface area contributed by atoms with Crippen LogP contribution in [-0.2, 0) is 0 Å². The molecular formula is C52H33N3O. The van der Waals surface area contributed by atoms with E-state index in [1.54, 1.807) is 0 Å². The molecule has 3 aromatic heterocycles. The zero-order valence-electron chi connectivity index (χ0n) is 30.3. The van der Waals surface area contributed by atoms with Crippen molar-refractivity contribution in [1.29, 1.82) is 0 Å². The van der Waals surface area contributed by atoms with E-state index in [9.17, 15) is 0 Å². The van der Waals surface area contributed by atoms with Crippen LogP contribution in [0.1, 0.15) is 0 Å². The molecule has 0 bridgehead atoms. The fraction of sp³-hybridized carbons (Fsp3) is 0. The topological polar surface area (TPSA) is 43.9 Å². The number of furan rings is 1. The van der Waals surface area contributed by atoms with Gasteiger partial charge in [0.15, 0.2) is 5.82 Å². The first-order valence-corrected chi connectivity index (χ1v) is 18.9. The largest absolute Gasteiger partial charge is 0.456 e. The van der Waals surface area contributed by atoms with Gasteiger partial charge >= 0.3 is 0 Å². The maximum atomic E-state index is 6.45. The minimum atomic E-state index is 0.677. The van der Waals surface area contributed by atoms with E-state index in [0.29, 0.717) is 5.82 Å². The normalized spacial score (nSPS) is 11.6. The molecular weight excluding hydrogens is 683 g/mol. The van der Waals surface area contributed by atoms with E-state index in [-0.39, 0.29) is 0 Å². The average molecular weight is 716 g/mol. The Hall–Kier alpha value is -7.56. The maximum absolute atomic E-state index is 6.45. The van der Waals surface area contributed by atoms with Gasteiger partial charge < -0.3 is 4.42 Å². The average Bonchev–Trinajstić information content (AvgIpc) is 3.82. The number of aromatic nitrogens is 3.